The molecule has 23 heavy (non-hydrogen) atoms. The smallest absolute Gasteiger partial charge is 0.409 e. The molecule has 1 unspecified atom stereocenters. The highest BCUT2D eigenvalue weighted by Gasteiger charge is 2.26. The Balaban J connectivity index is 1.50. The zero-order chi connectivity index (χ0) is 16.1. The molecule has 0 aliphatic carbocycles. The van der Waals surface area contributed by atoms with Crippen LogP contribution in [0.4, 0.5) is 4.79 Å². The van der Waals surface area contributed by atoms with E-state index in [-0.39, 0.29) is 6.09 Å². The van der Waals surface area contributed by atoms with Gasteiger partial charge < -0.3 is 15.0 Å². The van der Waals surface area contributed by atoms with E-state index in [0.717, 1.165) is 35.8 Å². The Labute approximate surface area is 140 Å². The predicted octanol–water partition coefficient (Wildman–Crippen LogP) is 3.13. The zero-order valence-electron chi connectivity index (χ0n) is 13.2. The number of ether oxygens (including phenoxy) is 1. The average Bonchev–Trinajstić information content (AvgIpc) is 3.23. The summed E-state index contributed by atoms with van der Waals surface area (Å²) in [6.07, 6.45) is 0.742. The molecule has 1 aliphatic heterocycles. The molecule has 1 saturated heterocycles. The molecule has 1 amide bonds. The molecule has 0 saturated carbocycles. The lowest BCUT2D eigenvalue weighted by molar-refractivity contribution is 0.115. The number of nitrogens with zero attached hydrogens (tertiary/aromatic N) is 2. The molecule has 1 N–H and O–H groups in total. The number of carbonyl (C=O) groups is 1. The minimum absolute atomic E-state index is 0.211. The van der Waals surface area contributed by atoms with Gasteiger partial charge in [-0.05, 0) is 13.3 Å². The van der Waals surface area contributed by atoms with E-state index in [1.54, 1.807) is 16.2 Å². The summed E-state index contributed by atoms with van der Waals surface area (Å²) in [5.74, 6) is 0. The zero-order valence-corrected chi connectivity index (χ0v) is 14.0. The van der Waals surface area contributed by atoms with Gasteiger partial charge in [-0.3, -0.25) is 0 Å². The number of benzene rings is 1. The van der Waals surface area contributed by atoms with Crippen molar-refractivity contribution in [2.75, 3.05) is 19.7 Å². The number of amides is 1. The maximum absolute atomic E-state index is 11.7. The van der Waals surface area contributed by atoms with Crippen molar-refractivity contribution in [2.45, 2.75) is 25.9 Å². The van der Waals surface area contributed by atoms with Crippen LogP contribution in [0.1, 0.15) is 19.0 Å². The third-order valence-electron chi connectivity index (χ3n) is 3.86. The van der Waals surface area contributed by atoms with Crippen LogP contribution >= 0.6 is 11.3 Å². The van der Waals surface area contributed by atoms with Crippen LogP contribution in [0.5, 0.6) is 0 Å². The van der Waals surface area contributed by atoms with Crippen LogP contribution in [-0.4, -0.2) is 41.7 Å². The van der Waals surface area contributed by atoms with Gasteiger partial charge in [0.15, 0.2) is 0 Å². The minimum Gasteiger partial charge on any atom is -0.450 e. The standard InChI is InChI=1S/C17H21N3O2S/c1-2-22-17(21)20-9-8-14(11-20)18-10-15-12-23-16(19-15)13-6-4-3-5-7-13/h3-7,12,14,18H,2,8-11H2,1H3. The second-order valence-corrected chi connectivity index (χ2v) is 6.38. The third-order valence-corrected chi connectivity index (χ3v) is 4.80. The van der Waals surface area contributed by atoms with Gasteiger partial charge in [-0.15, -0.1) is 11.3 Å². The van der Waals surface area contributed by atoms with Gasteiger partial charge in [0.1, 0.15) is 5.01 Å². The molecule has 6 heteroatoms. The molecule has 0 bridgehead atoms. The van der Waals surface area contributed by atoms with Gasteiger partial charge in [-0.1, -0.05) is 30.3 Å². The normalized spacial score (nSPS) is 17.4. The number of hydrogen-bond donors (Lipinski definition) is 1. The van der Waals surface area contributed by atoms with Crippen molar-refractivity contribution in [3.8, 4) is 10.6 Å². The molecule has 1 fully saturated rings. The van der Waals surface area contributed by atoms with Crippen LogP contribution in [0.15, 0.2) is 35.7 Å². The molecule has 1 atom stereocenters. The van der Waals surface area contributed by atoms with Gasteiger partial charge in [-0.25, -0.2) is 9.78 Å². The van der Waals surface area contributed by atoms with Gasteiger partial charge in [-0.2, -0.15) is 0 Å². The first-order chi connectivity index (χ1) is 11.3. The Morgan fingerprint density at radius 3 is 3.04 bits per heavy atom. The molecule has 1 aliphatic rings. The van der Waals surface area contributed by atoms with Crippen LogP contribution in [0.3, 0.4) is 0 Å². The maximum atomic E-state index is 11.7. The number of nitrogens with one attached hydrogen (secondary N) is 1. The van der Waals surface area contributed by atoms with Crippen LogP contribution in [-0.2, 0) is 11.3 Å². The lowest BCUT2D eigenvalue weighted by atomic mass is 10.2. The highest BCUT2D eigenvalue weighted by Crippen LogP contribution is 2.23. The molecule has 2 aromatic rings. The fourth-order valence-corrected chi connectivity index (χ4v) is 3.48. The summed E-state index contributed by atoms with van der Waals surface area (Å²) in [5, 5.41) is 6.62. The van der Waals surface area contributed by atoms with E-state index in [1.165, 1.54) is 0 Å². The highest BCUT2D eigenvalue weighted by atomic mass is 32.1. The summed E-state index contributed by atoms with van der Waals surface area (Å²) >= 11 is 1.66. The third kappa shape index (κ3) is 4.09. The van der Waals surface area contributed by atoms with E-state index in [2.05, 4.69) is 27.8 Å². The Morgan fingerprint density at radius 2 is 2.26 bits per heavy atom. The van der Waals surface area contributed by atoms with Gasteiger partial charge in [0.25, 0.3) is 0 Å². The van der Waals surface area contributed by atoms with Crippen molar-refractivity contribution < 1.29 is 9.53 Å². The number of thiazole rings is 1. The summed E-state index contributed by atoms with van der Waals surface area (Å²) in [6, 6.07) is 10.5. The number of carbonyl (C=O) groups excluding carboxylic acids is 1. The van der Waals surface area contributed by atoms with Crippen molar-refractivity contribution in [2.24, 2.45) is 0 Å². The Bertz CT molecular complexity index is 644. The summed E-state index contributed by atoms with van der Waals surface area (Å²) in [5.41, 5.74) is 2.20. The summed E-state index contributed by atoms with van der Waals surface area (Å²) in [7, 11) is 0. The van der Waals surface area contributed by atoms with Gasteiger partial charge in [0.2, 0.25) is 0 Å². The molecule has 122 valence electrons. The molecule has 0 spiro atoms. The topological polar surface area (TPSA) is 54.5 Å². The van der Waals surface area contributed by atoms with E-state index in [4.69, 9.17) is 4.74 Å². The summed E-state index contributed by atoms with van der Waals surface area (Å²) in [4.78, 5) is 18.1. The Morgan fingerprint density at radius 1 is 1.43 bits per heavy atom. The summed E-state index contributed by atoms with van der Waals surface area (Å²) in [6.45, 7) is 4.44. The van der Waals surface area contributed by atoms with Crippen molar-refractivity contribution in [1.29, 1.82) is 0 Å². The average molecular weight is 331 g/mol. The molecular formula is C17H21N3O2S. The van der Waals surface area contributed by atoms with Crippen LogP contribution in [0, 0.1) is 0 Å². The van der Waals surface area contributed by atoms with E-state index < -0.39 is 0 Å². The molecule has 2 heterocycles. The second kappa shape index (κ2) is 7.57. The largest absolute Gasteiger partial charge is 0.450 e. The van der Waals surface area contributed by atoms with Crippen molar-refractivity contribution in [3.63, 3.8) is 0 Å². The maximum Gasteiger partial charge on any atom is 0.409 e. The lowest BCUT2D eigenvalue weighted by Crippen LogP contribution is -2.35. The minimum atomic E-state index is -0.211. The number of hydrogen-bond acceptors (Lipinski definition) is 5. The SMILES string of the molecule is CCOC(=O)N1CCC(NCc2csc(-c3ccccc3)n2)C1. The van der Waals surface area contributed by atoms with Crippen molar-refractivity contribution in [1.82, 2.24) is 15.2 Å². The lowest BCUT2D eigenvalue weighted by Gasteiger charge is -2.16. The number of rotatable bonds is 5. The number of likely N-dealkylation sites (tertiary alicyclic amines) is 1. The first-order valence-electron chi connectivity index (χ1n) is 7.91. The van der Waals surface area contributed by atoms with E-state index in [0.29, 0.717) is 19.2 Å². The first-order valence-corrected chi connectivity index (χ1v) is 8.79. The Hall–Kier alpha value is -1.92. The van der Waals surface area contributed by atoms with Gasteiger partial charge in [0.05, 0.1) is 12.3 Å². The van der Waals surface area contributed by atoms with Crippen LogP contribution in [0.2, 0.25) is 0 Å². The summed E-state index contributed by atoms with van der Waals surface area (Å²) < 4.78 is 5.04. The second-order valence-electron chi connectivity index (χ2n) is 5.52. The fourth-order valence-electron chi connectivity index (χ4n) is 2.66. The van der Waals surface area contributed by atoms with Crippen molar-refractivity contribution in [3.05, 3.63) is 41.4 Å². The Kier molecular flexibility index (Phi) is 5.25. The van der Waals surface area contributed by atoms with E-state index in [1.807, 2.05) is 25.1 Å². The first kappa shape index (κ1) is 16.0. The highest BCUT2D eigenvalue weighted by molar-refractivity contribution is 7.13. The van der Waals surface area contributed by atoms with Crippen LogP contribution < -0.4 is 5.32 Å². The van der Waals surface area contributed by atoms with Gasteiger partial charge in [0, 0.05) is 36.6 Å². The number of aromatic nitrogens is 1. The predicted molar refractivity (Wildman–Crippen MR) is 91.4 cm³/mol. The monoisotopic (exact) mass is 331 g/mol. The van der Waals surface area contributed by atoms with E-state index in [9.17, 15) is 4.79 Å². The van der Waals surface area contributed by atoms with Gasteiger partial charge >= 0.3 is 6.09 Å². The van der Waals surface area contributed by atoms with E-state index >= 15 is 0 Å². The molecular weight excluding hydrogens is 310 g/mol. The molecule has 0 radical (unpaired) electrons. The van der Waals surface area contributed by atoms with Crippen LogP contribution in [0.25, 0.3) is 10.6 Å². The fraction of sp³-hybridized carbons (Fsp3) is 0.412. The molecule has 1 aromatic heterocycles. The van der Waals surface area contributed by atoms with Crippen molar-refractivity contribution >= 4 is 17.4 Å². The molecule has 5 nitrogen and oxygen atoms in total. The molecule has 3 rings (SSSR count). The quantitative estimate of drug-likeness (QED) is 0.914. The molecule has 1 aromatic carbocycles.